The molecule has 1 amide bonds. The van der Waals surface area contributed by atoms with Crippen LogP contribution in [0.3, 0.4) is 0 Å². The maximum Gasteiger partial charge on any atom is 0.306 e. The van der Waals surface area contributed by atoms with Crippen LogP contribution in [0.1, 0.15) is 37.9 Å². The number of hydrogen-bond acceptors (Lipinski definition) is 9. The van der Waals surface area contributed by atoms with Crippen molar-refractivity contribution in [3.8, 4) is 0 Å². The molecule has 0 spiro atoms. The van der Waals surface area contributed by atoms with Gasteiger partial charge in [0.05, 0.1) is 32.4 Å². The van der Waals surface area contributed by atoms with Crippen molar-refractivity contribution in [2.45, 2.75) is 51.2 Å². The third-order valence-electron chi connectivity index (χ3n) is 4.94. The molecule has 1 N–H and O–H groups in total. The predicted octanol–water partition coefficient (Wildman–Crippen LogP) is 0.961. The first kappa shape index (κ1) is 24.3. The van der Waals surface area contributed by atoms with Crippen molar-refractivity contribution in [3.63, 3.8) is 0 Å². The Balaban J connectivity index is 1.41. The van der Waals surface area contributed by atoms with E-state index in [2.05, 4.69) is 15.6 Å². The van der Waals surface area contributed by atoms with Crippen molar-refractivity contribution in [3.05, 3.63) is 47.8 Å². The molecule has 1 aliphatic rings. The van der Waals surface area contributed by atoms with Gasteiger partial charge in [0.25, 0.3) is 6.47 Å². The van der Waals surface area contributed by atoms with E-state index in [-0.39, 0.29) is 39.3 Å². The Morgan fingerprint density at radius 1 is 1.18 bits per heavy atom. The van der Waals surface area contributed by atoms with E-state index in [0.717, 1.165) is 5.56 Å². The lowest BCUT2D eigenvalue weighted by Crippen LogP contribution is -2.63. The number of benzene rings is 1. The number of amides is 1. The lowest BCUT2D eigenvalue weighted by Gasteiger charge is -2.43. The van der Waals surface area contributed by atoms with Crippen molar-refractivity contribution in [2.24, 2.45) is 0 Å². The number of aromatic nitrogens is 3. The van der Waals surface area contributed by atoms with E-state index >= 15 is 0 Å². The van der Waals surface area contributed by atoms with E-state index in [0.29, 0.717) is 18.7 Å². The fourth-order valence-corrected chi connectivity index (χ4v) is 3.15. The molecule has 0 atom stereocenters. The van der Waals surface area contributed by atoms with Gasteiger partial charge in [0, 0.05) is 6.42 Å². The monoisotopic (exact) mass is 460 g/mol. The van der Waals surface area contributed by atoms with Crippen molar-refractivity contribution in [1.82, 2.24) is 20.3 Å². The number of nitrogens with one attached hydrogen (secondary N) is 1. The van der Waals surface area contributed by atoms with Gasteiger partial charge in [-0.3, -0.25) is 14.4 Å². The van der Waals surface area contributed by atoms with E-state index < -0.39 is 23.2 Å². The lowest BCUT2D eigenvalue weighted by molar-refractivity contribution is -0.274. The molecule has 1 saturated heterocycles. The van der Waals surface area contributed by atoms with Crippen LogP contribution in [0.25, 0.3) is 0 Å². The summed E-state index contributed by atoms with van der Waals surface area (Å²) in [5.41, 5.74) is 0.563. The molecular weight excluding hydrogens is 432 g/mol. The first-order chi connectivity index (χ1) is 15.8. The second kappa shape index (κ2) is 11.0. The lowest BCUT2D eigenvalue weighted by atomic mass is 10.0. The Kier molecular flexibility index (Phi) is 8.12. The van der Waals surface area contributed by atoms with E-state index in [9.17, 15) is 14.4 Å². The summed E-state index contributed by atoms with van der Waals surface area (Å²) in [5, 5.41) is 10.8. The van der Waals surface area contributed by atoms with Crippen LogP contribution < -0.4 is 5.32 Å². The van der Waals surface area contributed by atoms with Gasteiger partial charge in [-0.1, -0.05) is 35.5 Å². The van der Waals surface area contributed by atoms with E-state index in [1.807, 2.05) is 30.3 Å². The molecule has 2 aromatic rings. The summed E-state index contributed by atoms with van der Waals surface area (Å²) in [6, 6.07) is 9.78. The molecule has 0 unspecified atom stereocenters. The van der Waals surface area contributed by atoms with Crippen molar-refractivity contribution in [2.75, 3.05) is 19.8 Å². The van der Waals surface area contributed by atoms with Gasteiger partial charge < -0.3 is 24.3 Å². The first-order valence-corrected chi connectivity index (χ1v) is 10.5. The first-order valence-electron chi connectivity index (χ1n) is 10.5. The van der Waals surface area contributed by atoms with Gasteiger partial charge in [-0.15, -0.1) is 5.10 Å². The number of carbonyl (C=O) groups excluding carboxylic acids is 3. The Labute approximate surface area is 191 Å². The Morgan fingerprint density at radius 3 is 2.61 bits per heavy atom. The Morgan fingerprint density at radius 2 is 1.91 bits per heavy atom. The fourth-order valence-electron chi connectivity index (χ4n) is 3.15. The summed E-state index contributed by atoms with van der Waals surface area (Å²) in [5.74, 6) is -1.76. The summed E-state index contributed by atoms with van der Waals surface area (Å²) in [4.78, 5) is 35.1. The average molecular weight is 460 g/mol. The summed E-state index contributed by atoms with van der Waals surface area (Å²) in [7, 11) is 0. The zero-order chi connectivity index (χ0) is 23.7. The van der Waals surface area contributed by atoms with Crippen LogP contribution in [-0.4, -0.2) is 64.5 Å². The number of esters is 1. The maximum atomic E-state index is 12.4. The molecule has 1 fully saturated rings. The summed E-state index contributed by atoms with van der Waals surface area (Å²) in [6.45, 7) is 4.39. The smallest absolute Gasteiger partial charge is 0.306 e. The molecule has 3 rings (SSSR count). The van der Waals surface area contributed by atoms with Crippen LogP contribution in [0, 0.1) is 0 Å². The van der Waals surface area contributed by atoms with Crippen LogP contribution in [0.15, 0.2) is 36.5 Å². The second-order valence-corrected chi connectivity index (χ2v) is 8.27. The number of carbonyl (C=O) groups is 3. The van der Waals surface area contributed by atoms with Crippen LogP contribution >= 0.6 is 0 Å². The second-order valence-electron chi connectivity index (χ2n) is 8.27. The topological polar surface area (TPSA) is 131 Å². The van der Waals surface area contributed by atoms with Crippen molar-refractivity contribution in [1.29, 1.82) is 0 Å². The normalized spacial score (nSPS) is 16.5. The van der Waals surface area contributed by atoms with Gasteiger partial charge in [-0.2, -0.15) is 0 Å². The summed E-state index contributed by atoms with van der Waals surface area (Å²) < 4.78 is 22.9. The molecule has 2 heterocycles. The maximum absolute atomic E-state index is 12.4. The van der Waals surface area contributed by atoms with Crippen molar-refractivity contribution < 1.29 is 33.3 Å². The van der Waals surface area contributed by atoms with Crippen LogP contribution in [-0.2, 0) is 46.5 Å². The SMILES string of the molecule is CC1(C)OCC(COC=O)(NC(=O)CCC(=O)OCc2cn(Cc3ccccc3)nn2)CO1. The molecule has 0 bridgehead atoms. The molecule has 0 aliphatic carbocycles. The number of rotatable bonds is 11. The van der Waals surface area contributed by atoms with E-state index in [1.54, 1.807) is 24.7 Å². The molecule has 178 valence electrons. The minimum Gasteiger partial charge on any atom is -0.465 e. The van der Waals surface area contributed by atoms with Crippen molar-refractivity contribution >= 4 is 18.3 Å². The number of hydrogen-bond donors (Lipinski definition) is 1. The highest BCUT2D eigenvalue weighted by Gasteiger charge is 2.42. The van der Waals surface area contributed by atoms with E-state index in [4.69, 9.17) is 18.9 Å². The minimum absolute atomic E-state index is 0.0386. The standard InChI is InChI=1S/C22H28N4O7/c1-21(2)32-14-22(15-33-21,13-30-16-27)23-19(28)8-9-20(29)31-12-18-11-26(25-24-18)10-17-6-4-3-5-7-17/h3-7,11,16H,8-10,12-15H2,1-2H3,(H,23,28). The zero-order valence-corrected chi connectivity index (χ0v) is 18.7. The van der Waals surface area contributed by atoms with Crippen LogP contribution in [0.2, 0.25) is 0 Å². The summed E-state index contributed by atoms with van der Waals surface area (Å²) in [6.07, 6.45) is 1.47. The van der Waals surface area contributed by atoms with Gasteiger partial charge in [-0.05, 0) is 19.4 Å². The molecule has 0 radical (unpaired) electrons. The number of nitrogens with zero attached hydrogens (tertiary/aromatic N) is 3. The van der Waals surface area contributed by atoms with Gasteiger partial charge in [0.15, 0.2) is 5.79 Å². The van der Waals surface area contributed by atoms with Gasteiger partial charge >= 0.3 is 5.97 Å². The van der Waals surface area contributed by atoms with E-state index in [1.165, 1.54) is 0 Å². The quantitative estimate of drug-likeness (QED) is 0.385. The fraction of sp³-hybridized carbons (Fsp3) is 0.500. The highest BCUT2D eigenvalue weighted by Crippen LogP contribution is 2.24. The Bertz CT molecular complexity index is 935. The minimum atomic E-state index is -1.02. The molecule has 0 saturated carbocycles. The molecule has 11 nitrogen and oxygen atoms in total. The third-order valence-corrected chi connectivity index (χ3v) is 4.94. The molecule has 1 aromatic heterocycles. The molecular formula is C22H28N4O7. The average Bonchev–Trinajstić information content (AvgIpc) is 3.25. The van der Waals surface area contributed by atoms with Gasteiger partial charge in [-0.25, -0.2) is 4.68 Å². The van der Waals surface area contributed by atoms with Crippen LogP contribution in [0.4, 0.5) is 0 Å². The molecule has 11 heteroatoms. The largest absolute Gasteiger partial charge is 0.465 e. The Hall–Kier alpha value is -3.31. The highest BCUT2D eigenvalue weighted by molar-refractivity contribution is 5.81. The van der Waals surface area contributed by atoms with Gasteiger partial charge in [0.1, 0.15) is 24.4 Å². The highest BCUT2D eigenvalue weighted by atomic mass is 16.7. The third kappa shape index (κ3) is 7.65. The van der Waals surface area contributed by atoms with Gasteiger partial charge in [0.2, 0.25) is 5.91 Å². The zero-order valence-electron chi connectivity index (χ0n) is 18.7. The van der Waals surface area contributed by atoms with Crippen LogP contribution in [0.5, 0.6) is 0 Å². The number of ether oxygens (including phenoxy) is 4. The molecule has 1 aromatic carbocycles. The molecule has 33 heavy (non-hydrogen) atoms. The molecule has 1 aliphatic heterocycles. The predicted molar refractivity (Wildman–Crippen MR) is 113 cm³/mol. The summed E-state index contributed by atoms with van der Waals surface area (Å²) >= 11 is 0.